The molecular weight excluding hydrogens is 448 g/mol. The van der Waals surface area contributed by atoms with E-state index < -0.39 is 29.6 Å². The molecule has 1 amide bonds. The first kappa shape index (κ1) is 31.2. The summed E-state index contributed by atoms with van der Waals surface area (Å²) in [5.74, 6) is 1.53. The Morgan fingerprint density at radius 1 is 1.11 bits per heavy atom. The van der Waals surface area contributed by atoms with E-state index in [4.69, 9.17) is 30.4 Å². The smallest absolute Gasteiger partial charge is 0.225 e. The van der Waals surface area contributed by atoms with Crippen molar-refractivity contribution in [1.82, 2.24) is 0 Å². The van der Waals surface area contributed by atoms with E-state index in [2.05, 4.69) is 13.8 Å². The molecule has 0 radical (unpaired) electrons. The quantitative estimate of drug-likeness (QED) is 0.266. The van der Waals surface area contributed by atoms with Crippen LogP contribution in [0.2, 0.25) is 0 Å². The molecule has 0 aliphatic rings. The van der Waals surface area contributed by atoms with E-state index >= 15 is 0 Å². The number of hydrogen-bond acceptors (Lipinski definition) is 7. The van der Waals surface area contributed by atoms with Crippen molar-refractivity contribution >= 4 is 5.91 Å². The zero-order valence-corrected chi connectivity index (χ0v) is 22.7. The molecular formula is C27H48N2O6. The number of methoxy groups -OCH3 is 2. The Kier molecular flexibility index (Phi) is 13.6. The van der Waals surface area contributed by atoms with Gasteiger partial charge in [-0.15, -0.1) is 0 Å². The van der Waals surface area contributed by atoms with Crippen molar-refractivity contribution in [3.63, 3.8) is 0 Å². The Hall–Kier alpha value is -1.87. The first-order chi connectivity index (χ1) is 16.5. The van der Waals surface area contributed by atoms with E-state index in [0.29, 0.717) is 43.7 Å². The highest BCUT2D eigenvalue weighted by atomic mass is 16.5. The normalized spacial score (nSPS) is 15.5. The minimum atomic E-state index is -0.906. The van der Waals surface area contributed by atoms with Gasteiger partial charge in [0.05, 0.1) is 31.3 Å². The maximum absolute atomic E-state index is 11.9. The number of nitrogens with two attached hydrogens (primary N) is 2. The Bertz CT molecular complexity index is 755. The average Bonchev–Trinajstić information content (AvgIpc) is 2.80. The van der Waals surface area contributed by atoms with Crippen LogP contribution in [0.25, 0.3) is 0 Å². The van der Waals surface area contributed by atoms with E-state index in [1.54, 1.807) is 28.1 Å². The number of aliphatic hydroxyl groups is 1. The summed E-state index contributed by atoms with van der Waals surface area (Å²) in [7, 11) is 3.30. The van der Waals surface area contributed by atoms with Crippen LogP contribution in [0.15, 0.2) is 18.2 Å². The van der Waals surface area contributed by atoms with Crippen LogP contribution in [0.3, 0.4) is 0 Å². The summed E-state index contributed by atoms with van der Waals surface area (Å²) in [4.78, 5) is 11.9. The molecule has 5 N–H and O–H groups in total. The number of aliphatic hydroxyl groups excluding tert-OH is 1. The summed E-state index contributed by atoms with van der Waals surface area (Å²) in [6, 6.07) is 5.52. The molecule has 202 valence electrons. The summed E-state index contributed by atoms with van der Waals surface area (Å²) < 4.78 is 22.2. The molecule has 0 aliphatic heterocycles. The minimum Gasteiger partial charge on any atom is -0.493 e. The Morgan fingerprint density at radius 3 is 2.34 bits per heavy atom. The van der Waals surface area contributed by atoms with Crippen LogP contribution in [-0.2, 0) is 20.7 Å². The fourth-order valence-corrected chi connectivity index (χ4v) is 4.07. The van der Waals surface area contributed by atoms with Gasteiger partial charge in [0.15, 0.2) is 11.5 Å². The fraction of sp³-hybridized carbons (Fsp3) is 0.741. The van der Waals surface area contributed by atoms with E-state index in [1.165, 1.54) is 0 Å². The molecule has 8 heteroatoms. The number of amides is 1. The lowest BCUT2D eigenvalue weighted by molar-refractivity contribution is -0.137. The molecule has 1 rings (SSSR count). The van der Waals surface area contributed by atoms with Crippen LogP contribution < -0.4 is 20.9 Å². The SMILES string of the molecule is CCOC(CC(O)C(N)CC(Cc1ccc(OC)c(OCCCOC)c1)C(C)C)C(C)(C)C(N)=O. The van der Waals surface area contributed by atoms with Crippen LogP contribution in [-0.4, -0.2) is 63.3 Å². The van der Waals surface area contributed by atoms with Gasteiger partial charge in [-0.1, -0.05) is 19.9 Å². The molecule has 1 aromatic carbocycles. The third kappa shape index (κ3) is 9.95. The number of hydrogen-bond donors (Lipinski definition) is 3. The fourth-order valence-electron chi connectivity index (χ4n) is 4.07. The summed E-state index contributed by atoms with van der Waals surface area (Å²) in [5.41, 5.74) is 12.3. The van der Waals surface area contributed by atoms with Crippen LogP contribution in [0.5, 0.6) is 11.5 Å². The number of primary amides is 1. The van der Waals surface area contributed by atoms with Crippen LogP contribution in [0.1, 0.15) is 59.4 Å². The number of benzene rings is 1. The van der Waals surface area contributed by atoms with Crippen LogP contribution in [0, 0.1) is 17.3 Å². The second kappa shape index (κ2) is 15.3. The number of rotatable bonds is 18. The van der Waals surface area contributed by atoms with Crippen molar-refractivity contribution in [2.75, 3.05) is 34.0 Å². The average molecular weight is 497 g/mol. The van der Waals surface area contributed by atoms with E-state index in [-0.39, 0.29) is 12.3 Å². The zero-order valence-electron chi connectivity index (χ0n) is 22.7. The van der Waals surface area contributed by atoms with Crippen molar-refractivity contribution in [3.8, 4) is 11.5 Å². The molecule has 0 saturated heterocycles. The molecule has 4 atom stereocenters. The van der Waals surface area contributed by atoms with Gasteiger partial charge in [-0.25, -0.2) is 0 Å². The largest absolute Gasteiger partial charge is 0.493 e. The van der Waals surface area contributed by atoms with E-state index in [0.717, 1.165) is 18.4 Å². The first-order valence-corrected chi connectivity index (χ1v) is 12.6. The summed E-state index contributed by atoms with van der Waals surface area (Å²) >= 11 is 0. The van der Waals surface area contributed by atoms with Crippen molar-refractivity contribution in [2.24, 2.45) is 28.7 Å². The second-order valence-electron chi connectivity index (χ2n) is 10.1. The minimum absolute atomic E-state index is 0.240. The molecule has 35 heavy (non-hydrogen) atoms. The highest BCUT2D eigenvalue weighted by Crippen LogP contribution is 2.32. The topological polar surface area (TPSA) is 126 Å². The number of carbonyl (C=O) groups excluding carboxylic acids is 1. The monoisotopic (exact) mass is 496 g/mol. The summed E-state index contributed by atoms with van der Waals surface area (Å²) in [6.07, 6.45) is 1.13. The molecule has 0 fully saturated rings. The second-order valence-corrected chi connectivity index (χ2v) is 10.1. The van der Waals surface area contributed by atoms with Gasteiger partial charge >= 0.3 is 0 Å². The van der Waals surface area contributed by atoms with Gasteiger partial charge in [0.1, 0.15) is 0 Å². The van der Waals surface area contributed by atoms with Gasteiger partial charge in [0.2, 0.25) is 5.91 Å². The third-order valence-corrected chi connectivity index (χ3v) is 6.75. The van der Waals surface area contributed by atoms with Crippen LogP contribution in [0.4, 0.5) is 0 Å². The molecule has 0 heterocycles. The predicted molar refractivity (Wildman–Crippen MR) is 139 cm³/mol. The van der Waals surface area contributed by atoms with Crippen molar-refractivity contribution < 1.29 is 28.8 Å². The lowest BCUT2D eigenvalue weighted by Crippen LogP contribution is -2.48. The van der Waals surface area contributed by atoms with Crippen molar-refractivity contribution in [3.05, 3.63) is 23.8 Å². The van der Waals surface area contributed by atoms with E-state index in [1.807, 2.05) is 25.1 Å². The maximum atomic E-state index is 11.9. The molecule has 0 aliphatic carbocycles. The lowest BCUT2D eigenvalue weighted by atomic mass is 9.79. The lowest BCUT2D eigenvalue weighted by Gasteiger charge is -2.34. The maximum Gasteiger partial charge on any atom is 0.225 e. The van der Waals surface area contributed by atoms with Gasteiger partial charge in [-0.2, -0.15) is 0 Å². The van der Waals surface area contributed by atoms with Crippen LogP contribution >= 0.6 is 0 Å². The Morgan fingerprint density at radius 2 is 1.80 bits per heavy atom. The Labute approximate surface area is 211 Å². The van der Waals surface area contributed by atoms with Gasteiger partial charge in [0, 0.05) is 39.2 Å². The first-order valence-electron chi connectivity index (χ1n) is 12.6. The number of carbonyl (C=O) groups is 1. The molecule has 8 nitrogen and oxygen atoms in total. The zero-order chi connectivity index (χ0) is 26.6. The highest BCUT2D eigenvalue weighted by molar-refractivity contribution is 5.80. The standard InChI is InChI=1S/C27H48N2O6/c1-8-34-25(27(4,5)26(29)31)17-22(30)21(28)16-20(18(2)3)14-19-10-11-23(33-7)24(15-19)35-13-9-12-32-6/h10-11,15,18,20-22,25,30H,8-9,12-14,16-17,28H2,1-7H3,(H2,29,31). The number of ether oxygens (including phenoxy) is 4. The molecule has 0 bridgehead atoms. The van der Waals surface area contributed by atoms with Gasteiger partial charge in [-0.3, -0.25) is 4.79 Å². The molecule has 0 saturated carbocycles. The summed E-state index contributed by atoms with van der Waals surface area (Å²) in [6.45, 7) is 11.3. The van der Waals surface area contributed by atoms with Gasteiger partial charge in [-0.05, 0) is 63.1 Å². The molecule has 0 aromatic heterocycles. The van der Waals surface area contributed by atoms with Crippen molar-refractivity contribution in [1.29, 1.82) is 0 Å². The van der Waals surface area contributed by atoms with Gasteiger partial charge < -0.3 is 35.5 Å². The van der Waals surface area contributed by atoms with Gasteiger partial charge in [0.25, 0.3) is 0 Å². The Balaban J connectivity index is 2.90. The predicted octanol–water partition coefficient (Wildman–Crippen LogP) is 3.31. The van der Waals surface area contributed by atoms with E-state index in [9.17, 15) is 9.90 Å². The molecule has 1 aromatic rings. The molecule has 4 unspecified atom stereocenters. The third-order valence-electron chi connectivity index (χ3n) is 6.75. The van der Waals surface area contributed by atoms with Crippen molar-refractivity contribution in [2.45, 2.75) is 78.6 Å². The summed E-state index contributed by atoms with van der Waals surface area (Å²) in [5, 5.41) is 10.9. The highest BCUT2D eigenvalue weighted by Gasteiger charge is 2.38. The molecule has 0 spiro atoms.